The van der Waals surface area contributed by atoms with Crippen LogP contribution in [-0.4, -0.2) is 47.9 Å². The number of ether oxygens (including phenoxy) is 1. The molecule has 2 bridgehead atoms. The van der Waals surface area contributed by atoms with Crippen LogP contribution in [-0.2, 0) is 6.42 Å². The maximum Gasteiger partial charge on any atom is 0.318 e. The Kier molecular flexibility index (Phi) is 4.08. The highest BCUT2D eigenvalue weighted by Gasteiger charge is 2.42. The second-order valence-corrected chi connectivity index (χ2v) is 7.26. The van der Waals surface area contributed by atoms with Crippen molar-refractivity contribution in [3.05, 3.63) is 29.6 Å². The van der Waals surface area contributed by atoms with Crippen molar-refractivity contribution in [1.29, 1.82) is 0 Å². The van der Waals surface area contributed by atoms with Gasteiger partial charge in [-0.15, -0.1) is 0 Å². The van der Waals surface area contributed by atoms with Gasteiger partial charge < -0.3 is 20.1 Å². The molecule has 1 aromatic rings. The molecule has 2 saturated heterocycles. The van der Waals surface area contributed by atoms with E-state index in [0.717, 1.165) is 31.4 Å². The van der Waals surface area contributed by atoms with Crippen molar-refractivity contribution < 1.29 is 19.0 Å². The topological polar surface area (TPSA) is 61.8 Å². The van der Waals surface area contributed by atoms with Crippen LogP contribution in [0.25, 0.3) is 0 Å². The zero-order chi connectivity index (χ0) is 16.7. The van der Waals surface area contributed by atoms with Crippen LogP contribution in [0.4, 0.5) is 9.18 Å². The molecule has 4 aliphatic rings. The summed E-state index contributed by atoms with van der Waals surface area (Å²) in [6.45, 7) is 1.31. The standard InChI is InChI=1S/C18H23FN2O3/c19-14-2-4-17-12(6-14)7-15(10-24-17)20-18(23)21-8-11-1-3-16(21)13(5-11)9-22/h2,4,6,11,13,15-16,22H,1,3,5,7-10H2,(H,20,23). The Hall–Kier alpha value is -1.82. The third-order valence-electron chi connectivity index (χ3n) is 5.66. The van der Waals surface area contributed by atoms with Crippen molar-refractivity contribution in [1.82, 2.24) is 10.2 Å². The average molecular weight is 334 g/mol. The average Bonchev–Trinajstić information content (AvgIpc) is 2.61. The molecule has 4 atom stereocenters. The number of halogens is 1. The summed E-state index contributed by atoms with van der Waals surface area (Å²) in [5.41, 5.74) is 0.792. The van der Waals surface area contributed by atoms with E-state index in [0.29, 0.717) is 24.7 Å². The van der Waals surface area contributed by atoms with E-state index < -0.39 is 0 Å². The number of hydrogen-bond acceptors (Lipinski definition) is 3. The zero-order valence-corrected chi connectivity index (χ0v) is 13.6. The van der Waals surface area contributed by atoms with Crippen LogP contribution < -0.4 is 10.1 Å². The molecule has 0 aromatic heterocycles. The fourth-order valence-corrected chi connectivity index (χ4v) is 4.48. The number of nitrogens with one attached hydrogen (secondary N) is 1. The highest BCUT2D eigenvalue weighted by Crippen LogP contribution is 2.38. The summed E-state index contributed by atoms with van der Waals surface area (Å²) in [6, 6.07) is 4.39. The van der Waals surface area contributed by atoms with Gasteiger partial charge in [-0.2, -0.15) is 0 Å². The molecule has 1 aliphatic carbocycles. The molecule has 3 heterocycles. The number of benzene rings is 1. The molecule has 130 valence electrons. The van der Waals surface area contributed by atoms with Gasteiger partial charge in [-0.1, -0.05) is 0 Å². The molecular formula is C18H23FN2O3. The van der Waals surface area contributed by atoms with Crippen molar-refractivity contribution >= 4 is 6.03 Å². The molecule has 1 saturated carbocycles. The maximum absolute atomic E-state index is 13.4. The smallest absolute Gasteiger partial charge is 0.318 e. The van der Waals surface area contributed by atoms with Gasteiger partial charge in [0.05, 0.1) is 6.04 Å². The molecule has 0 radical (unpaired) electrons. The van der Waals surface area contributed by atoms with Crippen LogP contribution in [0.1, 0.15) is 24.8 Å². The van der Waals surface area contributed by atoms with Gasteiger partial charge in [0.1, 0.15) is 18.2 Å². The van der Waals surface area contributed by atoms with Crippen molar-refractivity contribution in [2.24, 2.45) is 11.8 Å². The van der Waals surface area contributed by atoms with E-state index in [1.807, 2.05) is 4.90 Å². The van der Waals surface area contributed by atoms with E-state index in [1.54, 1.807) is 6.07 Å². The SMILES string of the molecule is O=C(NC1COc2ccc(F)cc2C1)N1CC2CCC1C(CO)C2. The minimum atomic E-state index is -0.288. The normalized spacial score (nSPS) is 31.3. The predicted molar refractivity (Wildman–Crippen MR) is 86.3 cm³/mol. The molecule has 3 aliphatic heterocycles. The van der Waals surface area contributed by atoms with E-state index in [2.05, 4.69) is 5.32 Å². The van der Waals surface area contributed by atoms with Crippen molar-refractivity contribution in [3.8, 4) is 5.75 Å². The molecule has 3 fully saturated rings. The number of aliphatic hydroxyl groups excluding tert-OH is 1. The van der Waals surface area contributed by atoms with Crippen LogP contribution in [0.15, 0.2) is 18.2 Å². The number of carbonyl (C=O) groups excluding carboxylic acids is 1. The van der Waals surface area contributed by atoms with Gasteiger partial charge >= 0.3 is 6.03 Å². The minimum absolute atomic E-state index is 0.0868. The van der Waals surface area contributed by atoms with Gasteiger partial charge in [0.15, 0.2) is 0 Å². The molecule has 24 heavy (non-hydrogen) atoms. The predicted octanol–water partition coefficient (Wildman–Crippen LogP) is 1.93. The molecule has 2 N–H and O–H groups in total. The van der Waals surface area contributed by atoms with Gasteiger partial charge in [0.25, 0.3) is 0 Å². The Balaban J connectivity index is 1.42. The largest absolute Gasteiger partial charge is 0.491 e. The fourth-order valence-electron chi connectivity index (χ4n) is 4.48. The number of carbonyl (C=O) groups is 1. The molecule has 6 heteroatoms. The third-order valence-corrected chi connectivity index (χ3v) is 5.66. The number of piperidine rings is 2. The number of nitrogens with zero attached hydrogens (tertiary/aromatic N) is 1. The van der Waals surface area contributed by atoms with E-state index in [-0.39, 0.29) is 36.5 Å². The van der Waals surface area contributed by atoms with Crippen LogP contribution in [0.2, 0.25) is 0 Å². The molecule has 5 nitrogen and oxygen atoms in total. The minimum Gasteiger partial charge on any atom is -0.491 e. The Labute approximate surface area is 140 Å². The van der Waals surface area contributed by atoms with Crippen LogP contribution in [0, 0.1) is 17.7 Å². The van der Waals surface area contributed by atoms with E-state index in [4.69, 9.17) is 4.74 Å². The zero-order valence-electron chi connectivity index (χ0n) is 13.6. The van der Waals surface area contributed by atoms with Gasteiger partial charge in [-0.05, 0) is 55.4 Å². The van der Waals surface area contributed by atoms with Crippen molar-refractivity contribution in [2.75, 3.05) is 19.8 Å². The maximum atomic E-state index is 13.4. The molecule has 5 rings (SSSR count). The number of amides is 2. The first-order valence-corrected chi connectivity index (χ1v) is 8.73. The van der Waals surface area contributed by atoms with Gasteiger partial charge in [0.2, 0.25) is 0 Å². The lowest BCUT2D eigenvalue weighted by Crippen LogP contribution is -2.60. The molecule has 2 amide bonds. The molecule has 0 spiro atoms. The van der Waals surface area contributed by atoms with Crippen molar-refractivity contribution in [2.45, 2.75) is 37.8 Å². The van der Waals surface area contributed by atoms with E-state index in [9.17, 15) is 14.3 Å². The van der Waals surface area contributed by atoms with Gasteiger partial charge in [-0.3, -0.25) is 0 Å². The number of fused-ring (bicyclic) bond motifs is 4. The Morgan fingerprint density at radius 2 is 2.29 bits per heavy atom. The monoisotopic (exact) mass is 334 g/mol. The molecule has 4 unspecified atom stereocenters. The first kappa shape index (κ1) is 15.7. The highest BCUT2D eigenvalue weighted by molar-refractivity contribution is 5.75. The van der Waals surface area contributed by atoms with Crippen LogP contribution >= 0.6 is 0 Å². The number of aliphatic hydroxyl groups is 1. The lowest BCUT2D eigenvalue weighted by atomic mass is 9.73. The number of hydrogen-bond donors (Lipinski definition) is 2. The fraction of sp³-hybridized carbons (Fsp3) is 0.611. The summed E-state index contributed by atoms with van der Waals surface area (Å²) in [5, 5.41) is 12.6. The molecular weight excluding hydrogens is 311 g/mol. The van der Waals surface area contributed by atoms with Gasteiger partial charge in [0, 0.05) is 25.1 Å². The second-order valence-electron chi connectivity index (χ2n) is 7.26. The summed E-state index contributed by atoms with van der Waals surface area (Å²) >= 11 is 0. The van der Waals surface area contributed by atoms with Crippen molar-refractivity contribution in [3.63, 3.8) is 0 Å². The lowest BCUT2D eigenvalue weighted by molar-refractivity contribution is 0.00277. The second kappa shape index (κ2) is 6.24. The summed E-state index contributed by atoms with van der Waals surface area (Å²) in [6.07, 6.45) is 3.71. The van der Waals surface area contributed by atoms with E-state index >= 15 is 0 Å². The first-order chi connectivity index (χ1) is 11.6. The van der Waals surface area contributed by atoms with E-state index in [1.165, 1.54) is 12.1 Å². The number of rotatable bonds is 2. The van der Waals surface area contributed by atoms with Crippen LogP contribution in [0.5, 0.6) is 5.75 Å². The summed E-state index contributed by atoms with van der Waals surface area (Å²) < 4.78 is 19.0. The summed E-state index contributed by atoms with van der Waals surface area (Å²) in [5.74, 6) is 1.10. The molecule has 1 aromatic carbocycles. The Morgan fingerprint density at radius 3 is 3.08 bits per heavy atom. The summed E-state index contributed by atoms with van der Waals surface area (Å²) in [7, 11) is 0. The summed E-state index contributed by atoms with van der Waals surface area (Å²) in [4.78, 5) is 14.6. The Bertz CT molecular complexity index is 639. The lowest BCUT2D eigenvalue weighted by Gasteiger charge is -2.49. The highest BCUT2D eigenvalue weighted by atomic mass is 19.1. The first-order valence-electron chi connectivity index (χ1n) is 8.73. The Morgan fingerprint density at radius 1 is 1.42 bits per heavy atom. The third kappa shape index (κ3) is 2.83. The van der Waals surface area contributed by atoms with Gasteiger partial charge in [-0.25, -0.2) is 9.18 Å². The quantitative estimate of drug-likeness (QED) is 0.869. The van der Waals surface area contributed by atoms with Crippen LogP contribution in [0.3, 0.4) is 0 Å². The number of urea groups is 1.